The van der Waals surface area contributed by atoms with Crippen LogP contribution in [0.5, 0.6) is 0 Å². The molecule has 0 saturated carbocycles. The molecule has 1 unspecified atom stereocenters. The Kier molecular flexibility index (Phi) is 7.30. The molecular weight excluding hydrogens is 216 g/mol. The van der Waals surface area contributed by atoms with E-state index in [2.05, 4.69) is 4.72 Å². The Balaban J connectivity index is 3.90. The zero-order chi connectivity index (χ0) is 11.7. The van der Waals surface area contributed by atoms with Gasteiger partial charge in [-0.3, -0.25) is 0 Å². The summed E-state index contributed by atoms with van der Waals surface area (Å²) in [5.74, 6) is 0. The normalized spacial score (nSPS) is 13.4. The summed E-state index contributed by atoms with van der Waals surface area (Å²) in [7, 11) is -3.48. The number of hydrogen-bond acceptors (Lipinski definition) is 4. The van der Waals surface area contributed by atoms with Crippen LogP contribution in [-0.2, 0) is 14.8 Å². The number of hydrogen-bond donors (Lipinski definition) is 1. The van der Waals surface area contributed by atoms with E-state index >= 15 is 0 Å². The molecule has 0 heterocycles. The molecule has 0 aromatic heterocycles. The predicted octanol–water partition coefficient (Wildman–Crippen LogP) is 0.635. The molecule has 5 nitrogen and oxygen atoms in total. The van der Waals surface area contributed by atoms with Crippen molar-refractivity contribution in [3.05, 3.63) is 0 Å². The average molecular weight is 234 g/mol. The zero-order valence-electron chi connectivity index (χ0n) is 9.19. The first kappa shape index (κ1) is 14.4. The number of nitrogens with zero attached hydrogens (tertiary/aromatic N) is 1. The number of nitriles is 1. The monoisotopic (exact) mass is 234 g/mol. The predicted molar refractivity (Wildman–Crippen MR) is 57.7 cm³/mol. The molecule has 1 atom stereocenters. The Morgan fingerprint density at radius 2 is 2.13 bits per heavy atom. The van der Waals surface area contributed by atoms with E-state index in [0.717, 1.165) is 0 Å². The molecule has 0 bridgehead atoms. The lowest BCUT2D eigenvalue weighted by molar-refractivity contribution is 0.146. The third-order valence-corrected chi connectivity index (χ3v) is 3.66. The minimum Gasteiger partial charge on any atom is -0.382 e. The van der Waals surface area contributed by atoms with Crippen LogP contribution >= 0.6 is 0 Å². The maximum absolute atomic E-state index is 11.5. The highest BCUT2D eigenvalue weighted by Gasteiger charge is 2.22. The van der Waals surface area contributed by atoms with Gasteiger partial charge in [-0.1, -0.05) is 6.92 Å². The number of rotatable bonds is 8. The van der Waals surface area contributed by atoms with Crippen molar-refractivity contribution < 1.29 is 13.2 Å². The molecule has 0 rings (SSSR count). The lowest BCUT2D eigenvalue weighted by Gasteiger charge is -2.09. The van der Waals surface area contributed by atoms with E-state index in [9.17, 15) is 8.42 Å². The Hall–Kier alpha value is -0.640. The Bertz CT molecular complexity index is 295. The van der Waals surface area contributed by atoms with Gasteiger partial charge in [-0.2, -0.15) is 5.26 Å². The van der Waals surface area contributed by atoms with Crippen LogP contribution in [0.4, 0.5) is 0 Å². The fraction of sp³-hybridized carbons (Fsp3) is 0.889. The third kappa shape index (κ3) is 5.72. The summed E-state index contributed by atoms with van der Waals surface area (Å²) in [4.78, 5) is 0. The van der Waals surface area contributed by atoms with Crippen molar-refractivity contribution >= 4 is 10.0 Å². The summed E-state index contributed by atoms with van der Waals surface area (Å²) < 4.78 is 30.4. The van der Waals surface area contributed by atoms with Crippen molar-refractivity contribution in [1.82, 2.24) is 4.72 Å². The highest BCUT2D eigenvalue weighted by atomic mass is 32.2. The second-order valence-electron chi connectivity index (χ2n) is 3.02. The molecule has 0 saturated heterocycles. The lowest BCUT2D eigenvalue weighted by atomic mass is 10.4. The van der Waals surface area contributed by atoms with E-state index < -0.39 is 15.3 Å². The Morgan fingerprint density at radius 1 is 1.47 bits per heavy atom. The van der Waals surface area contributed by atoms with Crippen molar-refractivity contribution in [2.45, 2.75) is 31.9 Å². The van der Waals surface area contributed by atoms with Crippen molar-refractivity contribution in [2.24, 2.45) is 0 Å². The molecule has 0 spiro atoms. The minimum atomic E-state index is -3.48. The van der Waals surface area contributed by atoms with Gasteiger partial charge in [0.1, 0.15) is 0 Å². The van der Waals surface area contributed by atoms with Crippen molar-refractivity contribution in [3.8, 4) is 6.07 Å². The lowest BCUT2D eigenvalue weighted by Crippen LogP contribution is -2.34. The Labute approximate surface area is 91.5 Å². The quantitative estimate of drug-likeness (QED) is 0.625. The third-order valence-electron chi connectivity index (χ3n) is 1.86. The van der Waals surface area contributed by atoms with E-state index in [1.807, 2.05) is 6.92 Å². The summed E-state index contributed by atoms with van der Waals surface area (Å²) in [6, 6.07) is 1.76. The van der Waals surface area contributed by atoms with Crippen molar-refractivity contribution in [3.63, 3.8) is 0 Å². The molecule has 6 heteroatoms. The van der Waals surface area contributed by atoms with Gasteiger partial charge in [0.25, 0.3) is 0 Å². The summed E-state index contributed by atoms with van der Waals surface area (Å²) in [6.45, 7) is 5.03. The van der Waals surface area contributed by atoms with Crippen LogP contribution in [0.3, 0.4) is 0 Å². The van der Waals surface area contributed by atoms with Crippen LogP contribution in [0, 0.1) is 11.3 Å². The van der Waals surface area contributed by atoms with Gasteiger partial charge in [0, 0.05) is 19.8 Å². The Morgan fingerprint density at radius 3 is 2.60 bits per heavy atom. The average Bonchev–Trinajstić information content (AvgIpc) is 2.18. The minimum absolute atomic E-state index is 0.303. The standard InChI is InChI=1S/C9H18N2O3S/c1-3-9(8-10)15(12,13)11-6-5-7-14-4-2/h9,11H,3-7H2,1-2H3. The second kappa shape index (κ2) is 7.63. The molecular formula is C9H18N2O3S. The van der Waals surface area contributed by atoms with Gasteiger partial charge in [-0.25, -0.2) is 13.1 Å². The highest BCUT2D eigenvalue weighted by Crippen LogP contribution is 2.02. The van der Waals surface area contributed by atoms with Gasteiger partial charge in [-0.05, 0) is 19.8 Å². The molecule has 0 aromatic carbocycles. The first-order valence-corrected chi connectivity index (χ1v) is 6.59. The SMILES string of the molecule is CCOCCCNS(=O)(=O)C(C#N)CC. The van der Waals surface area contributed by atoms with Gasteiger partial charge in [0.15, 0.2) is 5.25 Å². The van der Waals surface area contributed by atoms with E-state index in [-0.39, 0.29) is 0 Å². The fourth-order valence-electron chi connectivity index (χ4n) is 1.01. The highest BCUT2D eigenvalue weighted by molar-refractivity contribution is 7.90. The van der Waals surface area contributed by atoms with Gasteiger partial charge in [-0.15, -0.1) is 0 Å². The maximum atomic E-state index is 11.5. The number of nitrogens with one attached hydrogen (secondary N) is 1. The van der Waals surface area contributed by atoms with Gasteiger partial charge >= 0.3 is 0 Å². The van der Waals surface area contributed by atoms with Crippen LogP contribution < -0.4 is 4.72 Å². The smallest absolute Gasteiger partial charge is 0.227 e. The van der Waals surface area contributed by atoms with Crippen LogP contribution in [-0.4, -0.2) is 33.4 Å². The first-order valence-electron chi connectivity index (χ1n) is 5.04. The van der Waals surface area contributed by atoms with Crippen LogP contribution in [0.1, 0.15) is 26.7 Å². The van der Waals surface area contributed by atoms with Crippen LogP contribution in [0.25, 0.3) is 0 Å². The molecule has 0 aliphatic rings. The van der Waals surface area contributed by atoms with Crippen LogP contribution in [0.2, 0.25) is 0 Å². The number of ether oxygens (including phenoxy) is 1. The topological polar surface area (TPSA) is 79.2 Å². The molecule has 0 aromatic rings. The van der Waals surface area contributed by atoms with E-state index in [1.54, 1.807) is 13.0 Å². The molecule has 15 heavy (non-hydrogen) atoms. The molecule has 0 aliphatic carbocycles. The van der Waals surface area contributed by atoms with E-state index in [1.165, 1.54) is 0 Å². The van der Waals surface area contributed by atoms with Gasteiger partial charge in [0.05, 0.1) is 6.07 Å². The second-order valence-corrected chi connectivity index (χ2v) is 4.96. The van der Waals surface area contributed by atoms with Gasteiger partial charge in [0.2, 0.25) is 10.0 Å². The summed E-state index contributed by atoms with van der Waals surface area (Å²) in [5, 5.41) is 7.65. The molecule has 0 radical (unpaired) electrons. The van der Waals surface area contributed by atoms with E-state index in [4.69, 9.17) is 10.00 Å². The molecule has 1 N–H and O–H groups in total. The molecule has 0 amide bonds. The summed E-state index contributed by atoms with van der Waals surface area (Å²) >= 11 is 0. The first-order chi connectivity index (χ1) is 7.08. The summed E-state index contributed by atoms with van der Waals surface area (Å²) in [5.41, 5.74) is 0. The van der Waals surface area contributed by atoms with Gasteiger partial charge < -0.3 is 4.74 Å². The largest absolute Gasteiger partial charge is 0.382 e. The maximum Gasteiger partial charge on any atom is 0.227 e. The van der Waals surface area contributed by atoms with Crippen LogP contribution in [0.15, 0.2) is 0 Å². The molecule has 0 aliphatic heterocycles. The zero-order valence-corrected chi connectivity index (χ0v) is 10.0. The molecule has 0 fully saturated rings. The summed E-state index contributed by atoms with van der Waals surface area (Å²) in [6.07, 6.45) is 0.923. The molecule has 88 valence electrons. The van der Waals surface area contributed by atoms with Crippen molar-refractivity contribution in [2.75, 3.05) is 19.8 Å². The van der Waals surface area contributed by atoms with E-state index in [0.29, 0.717) is 32.6 Å². The fourth-order valence-corrected chi connectivity index (χ4v) is 2.22. The number of sulfonamides is 1. The van der Waals surface area contributed by atoms with Crippen molar-refractivity contribution in [1.29, 1.82) is 5.26 Å².